The average Bonchev–Trinajstić information content (AvgIpc) is 2.71. The second-order valence-electron chi connectivity index (χ2n) is 6.76. The number of nitrogens with one attached hydrogen (secondary N) is 2. The highest BCUT2D eigenvalue weighted by Gasteiger charge is 2.24. The summed E-state index contributed by atoms with van der Waals surface area (Å²) in [7, 11) is 0. The zero-order chi connectivity index (χ0) is 19.9. The Kier molecular flexibility index (Phi) is 6.45. The molecule has 0 aliphatic heterocycles. The number of rotatable bonds is 6. The summed E-state index contributed by atoms with van der Waals surface area (Å²) < 4.78 is 5.86. The molecule has 28 heavy (non-hydrogen) atoms. The van der Waals surface area contributed by atoms with Gasteiger partial charge in [-0.05, 0) is 67.8 Å². The predicted octanol–water partition coefficient (Wildman–Crippen LogP) is 3.75. The highest BCUT2D eigenvalue weighted by molar-refractivity contribution is 6.06. The Bertz CT molecular complexity index is 848. The van der Waals surface area contributed by atoms with Gasteiger partial charge in [0.15, 0.2) is 0 Å². The third-order valence-corrected chi connectivity index (χ3v) is 4.65. The lowest BCUT2D eigenvalue weighted by Crippen LogP contribution is -2.34. The minimum Gasteiger partial charge on any atom is -0.488 e. The first-order valence-corrected chi connectivity index (χ1v) is 9.35. The second kappa shape index (κ2) is 9.19. The van der Waals surface area contributed by atoms with E-state index >= 15 is 0 Å². The minimum atomic E-state index is -0.429. The summed E-state index contributed by atoms with van der Waals surface area (Å²) in [6.45, 7) is 3.40. The van der Waals surface area contributed by atoms with Crippen LogP contribution in [0.1, 0.15) is 36.0 Å². The van der Waals surface area contributed by atoms with Crippen LogP contribution in [0.3, 0.4) is 0 Å². The van der Waals surface area contributed by atoms with Gasteiger partial charge in [-0.3, -0.25) is 9.59 Å². The van der Waals surface area contributed by atoms with Gasteiger partial charge in [0.2, 0.25) is 5.91 Å². The molecule has 6 nitrogen and oxygen atoms in total. The quantitative estimate of drug-likeness (QED) is 0.666. The van der Waals surface area contributed by atoms with Gasteiger partial charge in [-0.2, -0.15) is 0 Å². The molecule has 3 N–H and O–H groups in total. The van der Waals surface area contributed by atoms with Crippen molar-refractivity contribution in [3.05, 3.63) is 66.7 Å². The molecule has 2 amide bonds. The molecule has 3 rings (SSSR count). The van der Waals surface area contributed by atoms with Crippen molar-refractivity contribution < 1.29 is 19.4 Å². The summed E-state index contributed by atoms with van der Waals surface area (Å²) in [4.78, 5) is 23.8. The number of carbonyl (C=O) groups is 2. The number of anilines is 2. The number of carbonyl (C=O) groups excluding carboxylic acids is 2. The Labute approximate surface area is 164 Å². The van der Waals surface area contributed by atoms with Gasteiger partial charge in [-0.1, -0.05) is 19.1 Å². The average molecular weight is 380 g/mol. The summed E-state index contributed by atoms with van der Waals surface area (Å²) in [5.41, 5.74) is 1.57. The first-order valence-electron chi connectivity index (χ1n) is 9.35. The Balaban J connectivity index is 1.60. The van der Waals surface area contributed by atoms with Crippen LogP contribution in [0.15, 0.2) is 61.2 Å². The fourth-order valence-electron chi connectivity index (χ4n) is 3.14. The van der Waals surface area contributed by atoms with E-state index in [4.69, 9.17) is 4.74 Å². The summed E-state index contributed by atoms with van der Waals surface area (Å²) in [6.07, 6.45) is 4.27. The summed E-state index contributed by atoms with van der Waals surface area (Å²) in [5, 5.41) is 15.5. The van der Waals surface area contributed by atoms with Crippen LogP contribution in [-0.2, 0) is 4.79 Å². The Morgan fingerprint density at radius 3 is 2.50 bits per heavy atom. The molecule has 2 aromatic rings. The summed E-state index contributed by atoms with van der Waals surface area (Å²) in [5.74, 6) is 0.0420. The fourth-order valence-corrected chi connectivity index (χ4v) is 3.14. The number of hydrogen-bond donors (Lipinski definition) is 3. The normalized spacial score (nSPS) is 18.8. The molecule has 0 unspecified atom stereocenters. The molecule has 1 aliphatic rings. The number of aliphatic hydroxyl groups excluding tert-OH is 1. The molecular weight excluding hydrogens is 356 g/mol. The van der Waals surface area contributed by atoms with Gasteiger partial charge < -0.3 is 20.5 Å². The number of hydrogen-bond acceptors (Lipinski definition) is 4. The van der Waals surface area contributed by atoms with Gasteiger partial charge in [-0.25, -0.2) is 0 Å². The molecule has 0 aromatic heterocycles. The van der Waals surface area contributed by atoms with Crippen LogP contribution in [0.4, 0.5) is 11.4 Å². The van der Waals surface area contributed by atoms with E-state index < -0.39 is 6.10 Å². The summed E-state index contributed by atoms with van der Waals surface area (Å²) in [6, 6.07) is 13.7. The van der Waals surface area contributed by atoms with Gasteiger partial charge in [0, 0.05) is 16.9 Å². The molecule has 1 aliphatic carbocycles. The number of amides is 2. The van der Waals surface area contributed by atoms with E-state index in [0.29, 0.717) is 22.7 Å². The van der Waals surface area contributed by atoms with Crippen LogP contribution in [0.25, 0.3) is 0 Å². The van der Waals surface area contributed by atoms with E-state index in [-0.39, 0.29) is 17.9 Å². The zero-order valence-corrected chi connectivity index (χ0v) is 15.6. The molecule has 1 fully saturated rings. The standard InChI is InChI=1S/C22H24N2O4/c1-2-21(26)23-17-7-5-6-15(14-17)22(27)24-16-10-12-18(13-11-16)28-20-9-4-3-8-19(20)25/h2,5-7,10-14,19-20,25H,1,3-4,8-9H2,(H,23,26)(H,24,27)/t19-,20-/m1/s1. The molecule has 2 aromatic carbocycles. The van der Waals surface area contributed by atoms with E-state index in [9.17, 15) is 14.7 Å². The zero-order valence-electron chi connectivity index (χ0n) is 15.6. The van der Waals surface area contributed by atoms with Gasteiger partial charge in [0.25, 0.3) is 5.91 Å². The molecule has 6 heteroatoms. The molecular formula is C22H24N2O4. The lowest BCUT2D eigenvalue weighted by Gasteiger charge is -2.28. The third kappa shape index (κ3) is 5.20. The molecule has 1 saturated carbocycles. The van der Waals surface area contributed by atoms with Crippen LogP contribution >= 0.6 is 0 Å². The topological polar surface area (TPSA) is 87.7 Å². The van der Waals surface area contributed by atoms with Crippen molar-refractivity contribution in [3.8, 4) is 5.75 Å². The van der Waals surface area contributed by atoms with Gasteiger partial charge in [0.1, 0.15) is 11.9 Å². The highest BCUT2D eigenvalue weighted by atomic mass is 16.5. The fraction of sp³-hybridized carbons (Fsp3) is 0.273. The van der Waals surface area contributed by atoms with Crippen LogP contribution < -0.4 is 15.4 Å². The molecule has 0 spiro atoms. The summed E-state index contributed by atoms with van der Waals surface area (Å²) >= 11 is 0. The van der Waals surface area contributed by atoms with Crippen LogP contribution in [0, 0.1) is 0 Å². The third-order valence-electron chi connectivity index (χ3n) is 4.65. The van der Waals surface area contributed by atoms with E-state index in [1.165, 1.54) is 6.08 Å². The first kappa shape index (κ1) is 19.6. The van der Waals surface area contributed by atoms with Crippen molar-refractivity contribution in [1.82, 2.24) is 0 Å². The van der Waals surface area contributed by atoms with Crippen molar-refractivity contribution in [2.75, 3.05) is 10.6 Å². The minimum absolute atomic E-state index is 0.178. The SMILES string of the molecule is C=CC(=O)Nc1cccc(C(=O)Nc2ccc(O[C@@H]3CCCC[C@H]3O)cc2)c1. The molecule has 0 radical (unpaired) electrons. The van der Waals surface area contributed by atoms with Gasteiger partial charge in [-0.15, -0.1) is 0 Å². The maximum absolute atomic E-state index is 12.5. The van der Waals surface area contributed by atoms with E-state index in [0.717, 1.165) is 25.7 Å². The Hall–Kier alpha value is -3.12. The lowest BCUT2D eigenvalue weighted by atomic mass is 9.95. The monoisotopic (exact) mass is 380 g/mol. The number of ether oxygens (including phenoxy) is 1. The van der Waals surface area contributed by atoms with Crippen LogP contribution in [-0.4, -0.2) is 29.1 Å². The first-order chi connectivity index (χ1) is 13.5. The molecule has 0 bridgehead atoms. The second-order valence-corrected chi connectivity index (χ2v) is 6.76. The van der Waals surface area contributed by atoms with E-state index in [1.54, 1.807) is 48.5 Å². The maximum Gasteiger partial charge on any atom is 0.255 e. The van der Waals surface area contributed by atoms with Gasteiger partial charge in [0.05, 0.1) is 6.10 Å². The molecule has 0 saturated heterocycles. The molecule has 146 valence electrons. The molecule has 2 atom stereocenters. The highest BCUT2D eigenvalue weighted by Crippen LogP contribution is 2.25. The van der Waals surface area contributed by atoms with Crippen molar-refractivity contribution in [2.45, 2.75) is 37.9 Å². The van der Waals surface area contributed by atoms with E-state index in [1.807, 2.05) is 0 Å². The van der Waals surface area contributed by atoms with E-state index in [2.05, 4.69) is 17.2 Å². The van der Waals surface area contributed by atoms with Crippen LogP contribution in [0.5, 0.6) is 5.75 Å². The van der Waals surface area contributed by atoms with Crippen molar-refractivity contribution in [2.24, 2.45) is 0 Å². The van der Waals surface area contributed by atoms with Crippen molar-refractivity contribution >= 4 is 23.2 Å². The van der Waals surface area contributed by atoms with Crippen LogP contribution in [0.2, 0.25) is 0 Å². The number of aliphatic hydroxyl groups is 1. The maximum atomic E-state index is 12.5. The van der Waals surface area contributed by atoms with Gasteiger partial charge >= 0.3 is 0 Å². The van der Waals surface area contributed by atoms with Crippen molar-refractivity contribution in [3.63, 3.8) is 0 Å². The smallest absolute Gasteiger partial charge is 0.255 e. The van der Waals surface area contributed by atoms with Crippen molar-refractivity contribution in [1.29, 1.82) is 0 Å². The Morgan fingerprint density at radius 2 is 1.79 bits per heavy atom. The predicted molar refractivity (Wildman–Crippen MR) is 109 cm³/mol. The largest absolute Gasteiger partial charge is 0.488 e. The lowest BCUT2D eigenvalue weighted by molar-refractivity contribution is -0.111. The molecule has 0 heterocycles. The Morgan fingerprint density at radius 1 is 1.04 bits per heavy atom. The number of benzene rings is 2.